The van der Waals surface area contributed by atoms with Gasteiger partial charge in [0.25, 0.3) is 0 Å². The fourth-order valence-electron chi connectivity index (χ4n) is 0.861. The average Bonchev–Trinajstić information content (AvgIpc) is 2.09. The van der Waals surface area contributed by atoms with Gasteiger partial charge in [-0.3, -0.25) is 0 Å². The molecule has 3 nitrogen and oxygen atoms in total. The van der Waals surface area contributed by atoms with Crippen molar-refractivity contribution in [2.24, 2.45) is 0 Å². The minimum atomic E-state index is 0.416. The van der Waals surface area contributed by atoms with Gasteiger partial charge in [-0.1, -0.05) is 6.07 Å². The lowest BCUT2D eigenvalue weighted by Crippen LogP contribution is -1.95. The van der Waals surface area contributed by atoms with Crippen LogP contribution in [0.15, 0.2) is 18.3 Å². The molecule has 3 heteroatoms. The second-order valence-corrected chi connectivity index (χ2v) is 2.31. The van der Waals surface area contributed by atoms with Gasteiger partial charge in [0.05, 0.1) is 6.61 Å². The van der Waals surface area contributed by atoms with E-state index in [1.807, 2.05) is 13.0 Å². The zero-order valence-electron chi connectivity index (χ0n) is 6.99. The summed E-state index contributed by atoms with van der Waals surface area (Å²) < 4.78 is 5.14. The highest BCUT2D eigenvalue weighted by molar-refractivity contribution is 5.54. The molecule has 0 amide bonds. The van der Waals surface area contributed by atoms with E-state index in [0.29, 0.717) is 18.9 Å². The van der Waals surface area contributed by atoms with Crippen molar-refractivity contribution in [3.8, 4) is 5.88 Å². The molecule has 1 heterocycles. The predicted molar refractivity (Wildman–Crippen MR) is 45.2 cm³/mol. The first-order chi connectivity index (χ1) is 5.86. The van der Waals surface area contributed by atoms with Crippen LogP contribution in [0.5, 0.6) is 5.88 Å². The minimum Gasteiger partial charge on any atom is -0.478 e. The van der Waals surface area contributed by atoms with Crippen LogP contribution in [0.1, 0.15) is 12.5 Å². The van der Waals surface area contributed by atoms with E-state index in [1.165, 1.54) is 0 Å². The predicted octanol–water partition coefficient (Wildman–Crippen LogP) is 1.22. The molecule has 0 aromatic carbocycles. The van der Waals surface area contributed by atoms with E-state index < -0.39 is 0 Å². The van der Waals surface area contributed by atoms with Crippen LogP contribution in [0.3, 0.4) is 0 Å². The highest BCUT2D eigenvalue weighted by atomic mass is 16.5. The van der Waals surface area contributed by atoms with Crippen LogP contribution in [-0.4, -0.2) is 17.9 Å². The van der Waals surface area contributed by atoms with Gasteiger partial charge in [0, 0.05) is 18.7 Å². The molecular weight excluding hydrogens is 154 g/mol. The molecule has 0 atom stereocenters. The summed E-state index contributed by atoms with van der Waals surface area (Å²) >= 11 is 0. The molecule has 0 radical (unpaired) electrons. The van der Waals surface area contributed by atoms with Crippen LogP contribution in [0.25, 0.3) is 0 Å². The van der Waals surface area contributed by atoms with Crippen molar-refractivity contribution in [3.05, 3.63) is 23.9 Å². The number of carbonyl (C=O) groups excluding carboxylic acids is 1. The molecule has 12 heavy (non-hydrogen) atoms. The fraction of sp³-hybridized carbons (Fsp3) is 0.333. The number of nitrogens with zero attached hydrogens (tertiary/aromatic N) is 1. The van der Waals surface area contributed by atoms with Crippen LogP contribution in [-0.2, 0) is 11.2 Å². The van der Waals surface area contributed by atoms with Crippen molar-refractivity contribution in [1.82, 2.24) is 4.98 Å². The first kappa shape index (κ1) is 8.71. The molecule has 0 spiro atoms. The number of rotatable bonds is 4. The summed E-state index contributed by atoms with van der Waals surface area (Å²) in [5.74, 6) is 0.604. The van der Waals surface area contributed by atoms with Crippen molar-refractivity contribution in [3.63, 3.8) is 0 Å². The molecular formula is C9H11NO2. The molecule has 0 unspecified atom stereocenters. The fourth-order valence-corrected chi connectivity index (χ4v) is 0.861. The van der Waals surface area contributed by atoms with Crippen molar-refractivity contribution in [2.45, 2.75) is 13.3 Å². The molecule has 64 valence electrons. The summed E-state index contributed by atoms with van der Waals surface area (Å²) in [5, 5.41) is 0. The maximum atomic E-state index is 10.1. The Labute approximate surface area is 71.4 Å². The second kappa shape index (κ2) is 4.49. The van der Waals surface area contributed by atoms with Crippen molar-refractivity contribution >= 4 is 6.29 Å². The van der Waals surface area contributed by atoms with Crippen LogP contribution in [0, 0.1) is 0 Å². The SMILES string of the molecule is CCOc1ccc(CC=O)cn1. The highest BCUT2D eigenvalue weighted by Gasteiger charge is 1.94. The Morgan fingerprint density at radius 2 is 2.42 bits per heavy atom. The normalized spacial score (nSPS) is 9.42. The van der Waals surface area contributed by atoms with Gasteiger partial charge in [-0.2, -0.15) is 0 Å². The van der Waals surface area contributed by atoms with Gasteiger partial charge in [-0.25, -0.2) is 4.98 Å². The number of aldehydes is 1. The summed E-state index contributed by atoms with van der Waals surface area (Å²) in [6, 6.07) is 3.61. The number of hydrogen-bond donors (Lipinski definition) is 0. The molecule has 0 aliphatic heterocycles. The third kappa shape index (κ3) is 2.34. The van der Waals surface area contributed by atoms with E-state index in [1.54, 1.807) is 12.3 Å². The first-order valence-electron chi connectivity index (χ1n) is 3.88. The van der Waals surface area contributed by atoms with Gasteiger partial charge < -0.3 is 9.53 Å². The van der Waals surface area contributed by atoms with Gasteiger partial charge in [0.2, 0.25) is 5.88 Å². The Kier molecular flexibility index (Phi) is 3.26. The molecule has 1 aromatic heterocycles. The minimum absolute atomic E-state index is 0.416. The second-order valence-electron chi connectivity index (χ2n) is 2.31. The summed E-state index contributed by atoms with van der Waals surface area (Å²) in [6.07, 6.45) is 2.93. The van der Waals surface area contributed by atoms with Crippen LogP contribution in [0.4, 0.5) is 0 Å². The zero-order chi connectivity index (χ0) is 8.81. The Bertz CT molecular complexity index is 243. The van der Waals surface area contributed by atoms with Crippen molar-refractivity contribution in [1.29, 1.82) is 0 Å². The molecule has 1 aromatic rings. The van der Waals surface area contributed by atoms with Gasteiger partial charge >= 0.3 is 0 Å². The Hall–Kier alpha value is -1.38. The number of pyridine rings is 1. The maximum Gasteiger partial charge on any atom is 0.213 e. The summed E-state index contributed by atoms with van der Waals surface area (Å²) in [4.78, 5) is 14.1. The molecule has 1 rings (SSSR count). The van der Waals surface area contributed by atoms with Crippen molar-refractivity contribution < 1.29 is 9.53 Å². The molecule has 0 aliphatic rings. The van der Waals surface area contributed by atoms with Gasteiger partial charge in [0.15, 0.2) is 0 Å². The zero-order valence-corrected chi connectivity index (χ0v) is 6.99. The summed E-state index contributed by atoms with van der Waals surface area (Å²) in [6.45, 7) is 2.51. The van der Waals surface area contributed by atoms with Crippen LogP contribution < -0.4 is 4.74 Å². The topological polar surface area (TPSA) is 39.2 Å². The monoisotopic (exact) mass is 165 g/mol. The largest absolute Gasteiger partial charge is 0.478 e. The van der Waals surface area contributed by atoms with Gasteiger partial charge in [0.1, 0.15) is 6.29 Å². The molecule has 0 fully saturated rings. The quantitative estimate of drug-likeness (QED) is 0.630. The summed E-state index contributed by atoms with van der Waals surface area (Å²) in [7, 11) is 0. The van der Waals surface area contributed by atoms with E-state index in [-0.39, 0.29) is 0 Å². The number of carbonyl (C=O) groups is 1. The Morgan fingerprint density at radius 3 is 2.92 bits per heavy atom. The highest BCUT2D eigenvalue weighted by Crippen LogP contribution is 2.06. The van der Waals surface area contributed by atoms with E-state index in [4.69, 9.17) is 4.74 Å². The molecule has 0 N–H and O–H groups in total. The molecule has 0 saturated carbocycles. The third-order valence-corrected chi connectivity index (χ3v) is 1.41. The lowest BCUT2D eigenvalue weighted by Gasteiger charge is -2.00. The van der Waals surface area contributed by atoms with Gasteiger partial charge in [-0.05, 0) is 12.5 Å². The van der Waals surface area contributed by atoms with Crippen LogP contribution >= 0.6 is 0 Å². The summed E-state index contributed by atoms with van der Waals surface area (Å²) in [5.41, 5.74) is 0.911. The van der Waals surface area contributed by atoms with E-state index in [9.17, 15) is 4.79 Å². The standard InChI is InChI=1S/C9H11NO2/c1-2-12-9-4-3-8(5-6-11)7-10-9/h3-4,6-7H,2,5H2,1H3. The Morgan fingerprint density at radius 1 is 1.58 bits per heavy atom. The third-order valence-electron chi connectivity index (χ3n) is 1.41. The van der Waals surface area contributed by atoms with E-state index in [0.717, 1.165) is 11.8 Å². The lowest BCUT2D eigenvalue weighted by atomic mass is 10.2. The van der Waals surface area contributed by atoms with Crippen molar-refractivity contribution in [2.75, 3.05) is 6.61 Å². The molecule has 0 bridgehead atoms. The van der Waals surface area contributed by atoms with Crippen LogP contribution in [0.2, 0.25) is 0 Å². The lowest BCUT2D eigenvalue weighted by molar-refractivity contribution is -0.107. The molecule has 0 aliphatic carbocycles. The maximum absolute atomic E-state index is 10.1. The number of ether oxygens (including phenoxy) is 1. The van der Waals surface area contributed by atoms with Gasteiger partial charge in [-0.15, -0.1) is 0 Å². The molecule has 0 saturated heterocycles. The smallest absolute Gasteiger partial charge is 0.213 e. The van der Waals surface area contributed by atoms with E-state index in [2.05, 4.69) is 4.98 Å². The first-order valence-corrected chi connectivity index (χ1v) is 3.88. The number of hydrogen-bond acceptors (Lipinski definition) is 3. The number of aromatic nitrogens is 1. The Balaban J connectivity index is 2.64. The van der Waals surface area contributed by atoms with E-state index >= 15 is 0 Å². The average molecular weight is 165 g/mol.